The predicted molar refractivity (Wildman–Crippen MR) is 234 cm³/mol. The zero-order valence-corrected chi connectivity index (χ0v) is 39.2. The standard InChI is InChI=1S/C45H88BrO9P/c1-44(2)50-40-42(53-44)43-41(54-45(3,4)55-43)39-49-36-33-31-29-27-25-23-21-19-17-15-13-11-9-7-5-6-8-10-12-14-16-18-20-22-24-26-28-30-32-34-37-51-56(47,48)52-38-35-46/h41-43H,5-40H2,1-4H3,(H,47,48)/t41-,42-,43+/m1/s1. The predicted octanol–water partition coefficient (Wildman–Crippen LogP) is 13.9. The molecule has 9 nitrogen and oxygen atoms in total. The summed E-state index contributed by atoms with van der Waals surface area (Å²) in [5.74, 6) is -1.19. The van der Waals surface area contributed by atoms with Crippen LogP contribution in [0.5, 0.6) is 0 Å². The van der Waals surface area contributed by atoms with Crippen LogP contribution in [0.1, 0.15) is 220 Å². The van der Waals surface area contributed by atoms with Crippen LogP contribution < -0.4 is 0 Å². The van der Waals surface area contributed by atoms with Crippen molar-refractivity contribution in [3.8, 4) is 0 Å². The number of hydrogen-bond acceptors (Lipinski definition) is 8. The number of phosphoric ester groups is 1. The molecule has 1 N–H and O–H groups in total. The van der Waals surface area contributed by atoms with Crippen molar-refractivity contribution in [2.75, 3.05) is 38.4 Å². The molecule has 0 aliphatic carbocycles. The van der Waals surface area contributed by atoms with Crippen LogP contribution in [-0.2, 0) is 37.3 Å². The minimum absolute atomic E-state index is 0.122. The molecule has 0 saturated carbocycles. The molecular formula is C45H88BrO9P. The lowest BCUT2D eigenvalue weighted by molar-refractivity contribution is -0.175. The number of alkyl halides is 1. The third-order valence-electron chi connectivity index (χ3n) is 11.2. The summed E-state index contributed by atoms with van der Waals surface area (Å²) in [6.45, 7) is 10.1. The van der Waals surface area contributed by atoms with Crippen molar-refractivity contribution < 1.29 is 42.2 Å². The summed E-state index contributed by atoms with van der Waals surface area (Å²) >= 11 is 3.17. The van der Waals surface area contributed by atoms with E-state index in [1.54, 1.807) is 0 Å². The van der Waals surface area contributed by atoms with E-state index in [9.17, 15) is 9.46 Å². The van der Waals surface area contributed by atoms with E-state index in [2.05, 4.69) is 15.9 Å². The zero-order valence-electron chi connectivity index (χ0n) is 36.7. The van der Waals surface area contributed by atoms with Crippen LogP contribution in [0.2, 0.25) is 0 Å². The van der Waals surface area contributed by atoms with Gasteiger partial charge in [-0.25, -0.2) is 4.57 Å². The van der Waals surface area contributed by atoms with Crippen molar-refractivity contribution in [1.82, 2.24) is 0 Å². The van der Waals surface area contributed by atoms with E-state index in [0.29, 0.717) is 25.2 Å². The van der Waals surface area contributed by atoms with Crippen molar-refractivity contribution in [3.63, 3.8) is 0 Å². The lowest BCUT2D eigenvalue weighted by atomic mass is 10.0. The molecular weight excluding hydrogens is 795 g/mol. The van der Waals surface area contributed by atoms with Crippen LogP contribution in [0.15, 0.2) is 0 Å². The Morgan fingerprint density at radius 3 is 1.23 bits per heavy atom. The molecule has 0 amide bonds. The van der Waals surface area contributed by atoms with Gasteiger partial charge in [-0.1, -0.05) is 196 Å². The van der Waals surface area contributed by atoms with Crippen molar-refractivity contribution >= 4 is 23.8 Å². The van der Waals surface area contributed by atoms with Crippen LogP contribution in [0.4, 0.5) is 0 Å². The van der Waals surface area contributed by atoms with Gasteiger partial charge in [0.1, 0.15) is 18.3 Å². The second-order valence-electron chi connectivity index (χ2n) is 17.5. The fourth-order valence-electron chi connectivity index (χ4n) is 8.01. The lowest BCUT2D eigenvalue weighted by Gasteiger charge is -2.23. The second-order valence-corrected chi connectivity index (χ2v) is 19.8. The molecule has 2 rings (SSSR count). The molecule has 334 valence electrons. The summed E-state index contributed by atoms with van der Waals surface area (Å²) in [5, 5.41) is 0.522. The Morgan fingerprint density at radius 2 is 0.875 bits per heavy atom. The minimum atomic E-state index is -3.86. The minimum Gasteiger partial charge on any atom is -0.379 e. The largest absolute Gasteiger partial charge is 0.472 e. The summed E-state index contributed by atoms with van der Waals surface area (Å²) in [5.41, 5.74) is 0. The number of halogens is 1. The Labute approximate surface area is 353 Å². The van der Waals surface area contributed by atoms with E-state index in [0.717, 1.165) is 25.9 Å². The van der Waals surface area contributed by atoms with E-state index >= 15 is 0 Å². The smallest absolute Gasteiger partial charge is 0.379 e. The molecule has 1 unspecified atom stereocenters. The van der Waals surface area contributed by atoms with Crippen LogP contribution in [-0.4, -0.2) is 73.1 Å². The van der Waals surface area contributed by atoms with Gasteiger partial charge in [0.2, 0.25) is 0 Å². The SMILES string of the molecule is CC1(C)OC[C@H]([C@H]2OC(C)(C)O[C@@H]2COCCCCCCCCCCCCCCCCCCCCCCCCCCCCCCCCOP(=O)(O)OCCBr)O1. The van der Waals surface area contributed by atoms with Gasteiger partial charge in [0.25, 0.3) is 0 Å². The molecule has 0 bridgehead atoms. The molecule has 0 radical (unpaired) electrons. The summed E-state index contributed by atoms with van der Waals surface area (Å²) in [6.07, 6.45) is 39.9. The quantitative estimate of drug-likeness (QED) is 0.0366. The van der Waals surface area contributed by atoms with Crippen molar-refractivity contribution in [3.05, 3.63) is 0 Å². The molecule has 2 saturated heterocycles. The maximum Gasteiger partial charge on any atom is 0.472 e. The maximum absolute atomic E-state index is 11.6. The van der Waals surface area contributed by atoms with E-state index in [-0.39, 0.29) is 24.9 Å². The highest BCUT2D eigenvalue weighted by Crippen LogP contribution is 2.43. The van der Waals surface area contributed by atoms with Crippen LogP contribution in [0, 0.1) is 0 Å². The fourth-order valence-corrected chi connectivity index (χ4v) is 9.18. The highest BCUT2D eigenvalue weighted by molar-refractivity contribution is 9.09. The van der Waals surface area contributed by atoms with E-state index < -0.39 is 19.4 Å². The van der Waals surface area contributed by atoms with Crippen molar-refractivity contribution in [2.45, 2.75) is 250 Å². The molecule has 0 aromatic rings. The molecule has 2 fully saturated rings. The Bertz CT molecular complexity index is 955. The monoisotopic (exact) mass is 883 g/mol. The average Bonchev–Trinajstić information content (AvgIpc) is 3.68. The Hall–Kier alpha value is 0.390. The molecule has 56 heavy (non-hydrogen) atoms. The topological polar surface area (TPSA) is 102 Å². The molecule has 2 heterocycles. The highest BCUT2D eigenvalue weighted by atomic mass is 79.9. The average molecular weight is 884 g/mol. The van der Waals surface area contributed by atoms with Gasteiger partial charge in [0.15, 0.2) is 11.6 Å². The Morgan fingerprint density at radius 1 is 0.518 bits per heavy atom. The summed E-state index contributed by atoms with van der Waals surface area (Å²) in [7, 11) is -3.86. The van der Waals surface area contributed by atoms with Gasteiger partial charge in [0.05, 0.1) is 26.4 Å². The number of rotatable bonds is 40. The van der Waals surface area contributed by atoms with Crippen molar-refractivity contribution in [1.29, 1.82) is 0 Å². The first kappa shape index (κ1) is 52.5. The normalized spacial score (nSPS) is 21.6. The number of unbranched alkanes of at least 4 members (excludes halogenated alkanes) is 29. The molecule has 4 atom stereocenters. The molecule has 0 aromatic carbocycles. The van der Waals surface area contributed by atoms with E-state index in [1.807, 2.05) is 27.7 Å². The number of hydrogen-bond donors (Lipinski definition) is 1. The third-order valence-corrected chi connectivity index (χ3v) is 12.5. The summed E-state index contributed by atoms with van der Waals surface area (Å²) in [4.78, 5) is 9.48. The van der Waals surface area contributed by atoms with Crippen molar-refractivity contribution in [2.24, 2.45) is 0 Å². The number of ether oxygens (including phenoxy) is 5. The Kier molecular flexibility index (Phi) is 31.0. The van der Waals surface area contributed by atoms with Gasteiger partial charge >= 0.3 is 7.82 Å². The highest BCUT2D eigenvalue weighted by Gasteiger charge is 2.49. The Balaban J connectivity index is 1.19. The second kappa shape index (κ2) is 33.1. The summed E-state index contributed by atoms with van der Waals surface area (Å²) in [6, 6.07) is 0. The lowest BCUT2D eigenvalue weighted by Crippen LogP contribution is -2.40. The van der Waals surface area contributed by atoms with Gasteiger partial charge in [-0.3, -0.25) is 9.05 Å². The first-order chi connectivity index (χ1) is 27.0. The molecule has 0 aromatic heterocycles. The van der Waals surface area contributed by atoms with Gasteiger partial charge in [-0.05, 0) is 40.5 Å². The molecule has 2 aliphatic rings. The van der Waals surface area contributed by atoms with Gasteiger partial charge < -0.3 is 28.6 Å². The van der Waals surface area contributed by atoms with Gasteiger partial charge in [-0.2, -0.15) is 0 Å². The maximum atomic E-state index is 11.6. The van der Waals surface area contributed by atoms with Gasteiger partial charge in [-0.15, -0.1) is 0 Å². The first-order valence-corrected chi connectivity index (χ1v) is 26.1. The fraction of sp³-hybridized carbons (Fsp3) is 1.00. The third kappa shape index (κ3) is 28.8. The van der Waals surface area contributed by atoms with E-state index in [4.69, 9.17) is 32.7 Å². The number of phosphoric acid groups is 1. The molecule has 0 spiro atoms. The molecule has 11 heteroatoms. The van der Waals surface area contributed by atoms with E-state index in [1.165, 1.54) is 173 Å². The van der Waals surface area contributed by atoms with Crippen LogP contribution in [0.3, 0.4) is 0 Å². The zero-order chi connectivity index (χ0) is 40.6. The summed E-state index contributed by atoms with van der Waals surface area (Å²) < 4.78 is 51.4. The van der Waals surface area contributed by atoms with Gasteiger partial charge in [0, 0.05) is 11.9 Å². The first-order valence-electron chi connectivity index (χ1n) is 23.5. The van der Waals surface area contributed by atoms with Crippen LogP contribution >= 0.6 is 23.8 Å². The van der Waals surface area contributed by atoms with Crippen LogP contribution in [0.25, 0.3) is 0 Å². The molecule has 2 aliphatic heterocycles.